The number of hydrogen-bond donors (Lipinski definition) is 0. The van der Waals surface area contributed by atoms with E-state index >= 15 is 0 Å². The molecule has 4 rings (SSSR count). The smallest absolute Gasteiger partial charge is 0.404 e. The van der Waals surface area contributed by atoms with Crippen molar-refractivity contribution in [1.29, 1.82) is 0 Å². The van der Waals surface area contributed by atoms with Gasteiger partial charge in [0, 0.05) is 5.25 Å². The summed E-state index contributed by atoms with van der Waals surface area (Å²) in [5.74, 6) is 0.500. The Kier molecular flexibility index (Phi) is 4.20. The van der Waals surface area contributed by atoms with Crippen LogP contribution in [0.15, 0.2) is 60.7 Å². The highest BCUT2D eigenvalue weighted by Crippen LogP contribution is 2.60. The van der Waals surface area contributed by atoms with E-state index in [-0.39, 0.29) is 11.4 Å². The van der Waals surface area contributed by atoms with Crippen LogP contribution in [0.2, 0.25) is 0 Å². The molecule has 0 aliphatic carbocycles. The van der Waals surface area contributed by atoms with E-state index in [0.29, 0.717) is 17.6 Å². The van der Waals surface area contributed by atoms with Gasteiger partial charge in [-0.05, 0) is 24.1 Å². The fourth-order valence-corrected chi connectivity index (χ4v) is 6.03. The molecule has 6 heteroatoms. The SMILES string of the molecule is O=P1(Oc2ccccc2)OC[C@H]2S[C@H](c3ccccc3)C[C@H]2O1. The van der Waals surface area contributed by atoms with E-state index < -0.39 is 7.82 Å². The van der Waals surface area contributed by atoms with Gasteiger partial charge in [0.1, 0.15) is 5.75 Å². The third kappa shape index (κ3) is 3.33. The molecule has 120 valence electrons. The summed E-state index contributed by atoms with van der Waals surface area (Å²) in [7, 11) is -3.54. The predicted octanol–water partition coefficient (Wildman–Crippen LogP) is 4.84. The van der Waals surface area contributed by atoms with Crippen LogP contribution in [0.4, 0.5) is 0 Å². The van der Waals surface area contributed by atoms with Gasteiger partial charge < -0.3 is 4.52 Å². The van der Waals surface area contributed by atoms with Crippen molar-refractivity contribution in [2.45, 2.75) is 23.0 Å². The summed E-state index contributed by atoms with van der Waals surface area (Å²) in [4.78, 5) is 0. The van der Waals surface area contributed by atoms with Crippen molar-refractivity contribution in [1.82, 2.24) is 0 Å². The van der Waals surface area contributed by atoms with Gasteiger partial charge in [0.15, 0.2) is 0 Å². The highest BCUT2D eigenvalue weighted by molar-refractivity contribution is 8.00. The summed E-state index contributed by atoms with van der Waals surface area (Å²) >= 11 is 1.83. The molecule has 2 aromatic carbocycles. The quantitative estimate of drug-likeness (QED) is 0.743. The zero-order valence-electron chi connectivity index (χ0n) is 12.4. The molecule has 2 heterocycles. The fourth-order valence-electron chi connectivity index (χ4n) is 2.88. The molecule has 0 amide bonds. The van der Waals surface area contributed by atoms with Crippen LogP contribution >= 0.6 is 19.6 Å². The molecule has 2 saturated heterocycles. The van der Waals surface area contributed by atoms with Crippen molar-refractivity contribution in [3.05, 3.63) is 66.2 Å². The van der Waals surface area contributed by atoms with Gasteiger partial charge in [-0.1, -0.05) is 48.5 Å². The Balaban J connectivity index is 1.46. The van der Waals surface area contributed by atoms with Gasteiger partial charge in [-0.3, -0.25) is 9.05 Å². The van der Waals surface area contributed by atoms with E-state index in [4.69, 9.17) is 13.6 Å². The van der Waals surface area contributed by atoms with Gasteiger partial charge in [-0.15, -0.1) is 11.8 Å². The third-order valence-electron chi connectivity index (χ3n) is 3.99. The molecule has 0 spiro atoms. The third-order valence-corrected chi connectivity index (χ3v) is 7.00. The maximum absolute atomic E-state index is 12.7. The van der Waals surface area contributed by atoms with Crippen LogP contribution in [0.5, 0.6) is 5.75 Å². The average molecular weight is 348 g/mol. The molecule has 2 aromatic rings. The Labute approximate surface area is 139 Å². The first-order chi connectivity index (χ1) is 11.2. The molecule has 0 aromatic heterocycles. The molecule has 1 unspecified atom stereocenters. The molecule has 4 atom stereocenters. The highest BCUT2D eigenvalue weighted by Gasteiger charge is 2.47. The molecule has 2 aliphatic heterocycles. The van der Waals surface area contributed by atoms with Crippen molar-refractivity contribution in [3.63, 3.8) is 0 Å². The first-order valence-corrected chi connectivity index (χ1v) is 10.0. The molecule has 23 heavy (non-hydrogen) atoms. The minimum Gasteiger partial charge on any atom is -0.404 e. The maximum Gasteiger partial charge on any atom is 0.530 e. The van der Waals surface area contributed by atoms with Crippen LogP contribution in [-0.4, -0.2) is 18.0 Å². The van der Waals surface area contributed by atoms with E-state index in [1.54, 1.807) is 12.1 Å². The molecule has 0 radical (unpaired) electrons. The Morgan fingerprint density at radius 1 is 1.04 bits per heavy atom. The molecule has 0 N–H and O–H groups in total. The lowest BCUT2D eigenvalue weighted by Crippen LogP contribution is -2.31. The number of rotatable bonds is 3. The Hall–Kier alpha value is -1.26. The lowest BCUT2D eigenvalue weighted by atomic mass is 10.1. The normalized spacial score (nSPS) is 33.1. The second-order valence-electron chi connectivity index (χ2n) is 5.60. The number of para-hydroxylation sites is 1. The second kappa shape index (κ2) is 6.33. The van der Waals surface area contributed by atoms with E-state index in [2.05, 4.69) is 12.1 Å². The van der Waals surface area contributed by atoms with E-state index in [1.165, 1.54) is 5.56 Å². The van der Waals surface area contributed by atoms with Crippen molar-refractivity contribution in [2.75, 3.05) is 6.61 Å². The van der Waals surface area contributed by atoms with E-state index in [0.717, 1.165) is 6.42 Å². The standard InChI is InChI=1S/C17H17O4PS/c18-22(20-14-9-5-2-6-10-14)19-12-17-15(21-22)11-16(23-17)13-7-3-1-4-8-13/h1-10,15-17H,11-12H2/t15-,16+,17-,22?/m1/s1. The summed E-state index contributed by atoms with van der Waals surface area (Å²) in [6, 6.07) is 19.3. The monoisotopic (exact) mass is 348 g/mol. The minimum absolute atomic E-state index is 0.103. The molecule has 0 bridgehead atoms. The van der Waals surface area contributed by atoms with Gasteiger partial charge in [0.2, 0.25) is 0 Å². The zero-order valence-corrected chi connectivity index (χ0v) is 14.1. The van der Waals surface area contributed by atoms with Gasteiger partial charge in [-0.25, -0.2) is 4.57 Å². The summed E-state index contributed by atoms with van der Waals surface area (Å²) < 4.78 is 29.4. The largest absolute Gasteiger partial charge is 0.530 e. The molecule has 0 saturated carbocycles. The van der Waals surface area contributed by atoms with Crippen molar-refractivity contribution >= 4 is 19.6 Å². The predicted molar refractivity (Wildman–Crippen MR) is 90.7 cm³/mol. The molecule has 2 fully saturated rings. The summed E-state index contributed by atoms with van der Waals surface area (Å²) in [6.45, 7) is 0.392. The van der Waals surface area contributed by atoms with Crippen LogP contribution < -0.4 is 4.52 Å². The van der Waals surface area contributed by atoms with Crippen LogP contribution in [0.1, 0.15) is 17.2 Å². The molecular weight excluding hydrogens is 331 g/mol. The van der Waals surface area contributed by atoms with Crippen molar-refractivity contribution in [3.8, 4) is 5.75 Å². The van der Waals surface area contributed by atoms with Crippen LogP contribution in [0, 0.1) is 0 Å². The molecule has 2 aliphatic rings. The number of fused-ring (bicyclic) bond motifs is 1. The summed E-state index contributed by atoms with van der Waals surface area (Å²) in [5, 5.41) is 0.541. The lowest BCUT2D eigenvalue weighted by Gasteiger charge is -2.30. The van der Waals surface area contributed by atoms with Gasteiger partial charge in [0.25, 0.3) is 0 Å². The van der Waals surface area contributed by atoms with Gasteiger partial charge in [0.05, 0.1) is 18.0 Å². The average Bonchev–Trinajstić information content (AvgIpc) is 2.99. The highest BCUT2D eigenvalue weighted by atomic mass is 32.2. The second-order valence-corrected chi connectivity index (χ2v) is 8.59. The maximum atomic E-state index is 12.7. The molecule has 4 nitrogen and oxygen atoms in total. The number of phosphoric ester groups is 1. The van der Waals surface area contributed by atoms with Crippen LogP contribution in [0.3, 0.4) is 0 Å². The Bertz CT molecular complexity index is 709. The van der Waals surface area contributed by atoms with Gasteiger partial charge >= 0.3 is 7.82 Å². The summed E-state index contributed by atoms with van der Waals surface area (Å²) in [5.41, 5.74) is 1.27. The van der Waals surface area contributed by atoms with Crippen LogP contribution in [-0.2, 0) is 13.6 Å². The topological polar surface area (TPSA) is 44.8 Å². The number of thioether (sulfide) groups is 1. The summed E-state index contributed by atoms with van der Waals surface area (Å²) in [6.07, 6.45) is 0.721. The van der Waals surface area contributed by atoms with Crippen molar-refractivity contribution < 1.29 is 18.1 Å². The Morgan fingerprint density at radius 2 is 1.74 bits per heavy atom. The minimum atomic E-state index is -3.54. The zero-order chi connectivity index (χ0) is 15.7. The number of benzene rings is 2. The first kappa shape index (κ1) is 15.3. The lowest BCUT2D eigenvalue weighted by molar-refractivity contribution is 0.0586. The number of phosphoric acid groups is 1. The first-order valence-electron chi connectivity index (χ1n) is 7.60. The molecular formula is C17H17O4PS. The van der Waals surface area contributed by atoms with E-state index in [9.17, 15) is 4.57 Å². The fraction of sp³-hybridized carbons (Fsp3) is 0.294. The van der Waals surface area contributed by atoms with Gasteiger partial charge in [-0.2, -0.15) is 0 Å². The number of hydrogen-bond acceptors (Lipinski definition) is 5. The Morgan fingerprint density at radius 3 is 2.48 bits per heavy atom. The van der Waals surface area contributed by atoms with E-state index in [1.807, 2.05) is 48.2 Å². The van der Waals surface area contributed by atoms with Crippen LogP contribution in [0.25, 0.3) is 0 Å². The van der Waals surface area contributed by atoms with Crippen molar-refractivity contribution in [2.24, 2.45) is 0 Å².